The molecule has 3 N–H and O–H groups in total. The second kappa shape index (κ2) is 21.1. The average molecular weight is 976 g/mol. The van der Waals surface area contributed by atoms with E-state index in [-0.39, 0.29) is 54.3 Å². The number of hydrogen-bond acceptors (Lipinski definition) is 11. The fourth-order valence-corrected chi connectivity index (χ4v) is 7.17. The molecule has 1 aromatic heterocycles. The molecule has 380 valence electrons. The molecule has 0 atom stereocenters. The van der Waals surface area contributed by atoms with Crippen molar-refractivity contribution in [3.05, 3.63) is 71.3 Å². The fourth-order valence-electron chi connectivity index (χ4n) is 7.17. The normalized spacial score (nSPS) is 15.4. The molecule has 2 aromatic carbocycles. The van der Waals surface area contributed by atoms with Crippen molar-refractivity contribution in [1.29, 1.82) is 0 Å². The summed E-state index contributed by atoms with van der Waals surface area (Å²) in [6, 6.07) is 9.29. The van der Waals surface area contributed by atoms with Crippen molar-refractivity contribution >= 4 is 47.4 Å². The Morgan fingerprint density at radius 1 is 0.600 bits per heavy atom. The number of rotatable bonds is 6. The zero-order valence-electron chi connectivity index (χ0n) is 42.7. The van der Waals surface area contributed by atoms with Crippen LogP contribution in [0.1, 0.15) is 121 Å². The number of halogens is 2. The minimum absolute atomic E-state index is 0.0559. The Labute approximate surface area is 408 Å². The van der Waals surface area contributed by atoms with Crippen LogP contribution in [0, 0.1) is 11.6 Å². The quantitative estimate of drug-likeness (QED) is 0.120. The summed E-state index contributed by atoms with van der Waals surface area (Å²) in [6.07, 6.45) is 1.06. The highest BCUT2D eigenvalue weighted by atomic mass is 19.1. The maximum Gasteiger partial charge on any atom is 0.437 e. The summed E-state index contributed by atoms with van der Waals surface area (Å²) in [7, 11) is 0. The van der Waals surface area contributed by atoms with Crippen LogP contribution in [0.4, 0.5) is 28.0 Å². The molecule has 2 aliphatic heterocycles. The van der Waals surface area contributed by atoms with Gasteiger partial charge in [-0.1, -0.05) is 24.3 Å². The van der Waals surface area contributed by atoms with E-state index in [0.717, 1.165) is 11.1 Å². The van der Waals surface area contributed by atoms with Gasteiger partial charge in [-0.05, 0) is 156 Å². The Kier molecular flexibility index (Phi) is 16.4. The molecule has 18 nitrogen and oxygen atoms in total. The summed E-state index contributed by atoms with van der Waals surface area (Å²) in [4.78, 5) is 62.2. The van der Waals surface area contributed by atoms with Crippen molar-refractivity contribution in [2.45, 2.75) is 144 Å². The first-order valence-electron chi connectivity index (χ1n) is 23.0. The van der Waals surface area contributed by atoms with Gasteiger partial charge in [0.1, 0.15) is 34.0 Å². The fraction of sp³-hybridized carbons (Fsp3) is 0.520. The lowest BCUT2D eigenvalue weighted by Gasteiger charge is -2.30. The van der Waals surface area contributed by atoms with E-state index in [1.807, 2.05) is 12.2 Å². The van der Waals surface area contributed by atoms with E-state index in [1.165, 1.54) is 16.7 Å². The molecule has 3 heterocycles. The second-order valence-corrected chi connectivity index (χ2v) is 21.6. The van der Waals surface area contributed by atoms with Crippen molar-refractivity contribution in [3.63, 3.8) is 0 Å². The van der Waals surface area contributed by atoms with Crippen LogP contribution in [0.2, 0.25) is 0 Å². The number of nitrogens with one attached hydrogen (secondary N) is 2. The van der Waals surface area contributed by atoms with E-state index < -0.39 is 64.0 Å². The highest BCUT2D eigenvalue weighted by Gasteiger charge is 2.29. The first kappa shape index (κ1) is 54.2. The Balaban J connectivity index is 1.38. The summed E-state index contributed by atoms with van der Waals surface area (Å²) >= 11 is 0. The minimum Gasteiger partial charge on any atom is -0.444 e. The van der Waals surface area contributed by atoms with Gasteiger partial charge in [0.15, 0.2) is 11.6 Å². The molecule has 0 aliphatic carbocycles. The highest BCUT2D eigenvalue weighted by Crippen LogP contribution is 2.34. The summed E-state index contributed by atoms with van der Waals surface area (Å²) in [5.74, 6) is -1.23. The molecule has 0 fully saturated rings. The van der Waals surface area contributed by atoms with Gasteiger partial charge in [-0.3, -0.25) is 10.6 Å². The van der Waals surface area contributed by atoms with Gasteiger partial charge in [0.05, 0.1) is 23.3 Å². The number of aromatic nitrogens is 3. The van der Waals surface area contributed by atoms with Gasteiger partial charge in [0.2, 0.25) is 11.9 Å². The number of benzene rings is 2. The van der Waals surface area contributed by atoms with Crippen LogP contribution in [0.15, 0.2) is 58.5 Å². The summed E-state index contributed by atoms with van der Waals surface area (Å²) in [6.45, 7) is 24.5. The number of carbonyl (C=O) groups is 4. The van der Waals surface area contributed by atoms with Crippen LogP contribution < -0.4 is 10.6 Å². The summed E-state index contributed by atoms with van der Waals surface area (Å²) < 4.78 is 55.6. The zero-order chi connectivity index (χ0) is 52.1. The summed E-state index contributed by atoms with van der Waals surface area (Å²) in [5, 5.41) is 24.7. The molecular weight excluding hydrogens is 909 g/mol. The SMILES string of the molecule is CC(C)(O)Cn1c(-c2ccc(C3=CCN(C(=NC(=O)OC(C)(C)C)NC(=O)OC(C)(C)C)CC3)cc2F)nnc1-c1ccc(C2=CCN(C(=NC(=O)OC(C)(C)C)NC(=O)OC(C)(C)C)CC2)cc1F. The van der Waals surface area contributed by atoms with Crippen molar-refractivity contribution < 1.29 is 52.0 Å². The van der Waals surface area contributed by atoms with E-state index in [0.29, 0.717) is 37.1 Å². The standard InChI is InChI=1S/C50H67F2N9O9/c1-46(2,3)67-42(62)53-40(54-43(63)68-47(4,5)6)59-23-19-30(20-24-59)32-15-17-34(36(51)27-32)38-57-58-39(61(38)29-50(13,14)66)35-18-16-33(28-37(35)52)31-21-25-60(26-22-31)41(55-44(64)69-48(7,8)9)56-45(65)70-49(10,11)12/h15-19,21,27-28,66H,20,22-26,29H2,1-14H3,(H,53,54,62,63)(H,55,56,64,65). The van der Waals surface area contributed by atoms with E-state index in [4.69, 9.17) is 18.9 Å². The molecule has 3 aromatic rings. The number of ether oxygens (including phenoxy) is 4. The van der Waals surface area contributed by atoms with Gasteiger partial charge in [-0.15, -0.1) is 20.2 Å². The van der Waals surface area contributed by atoms with Crippen LogP contribution >= 0.6 is 0 Å². The predicted octanol–water partition coefficient (Wildman–Crippen LogP) is 9.47. The maximum absolute atomic E-state index is 16.3. The summed E-state index contributed by atoms with van der Waals surface area (Å²) in [5.41, 5.74) is -1.72. The molecule has 20 heteroatoms. The molecule has 0 bridgehead atoms. The first-order valence-corrected chi connectivity index (χ1v) is 23.0. The van der Waals surface area contributed by atoms with Gasteiger partial charge in [0, 0.05) is 26.2 Å². The lowest BCUT2D eigenvalue weighted by atomic mass is 9.97. The van der Waals surface area contributed by atoms with Crippen molar-refractivity contribution in [2.75, 3.05) is 26.2 Å². The topological polar surface area (TPSA) is 211 Å². The van der Waals surface area contributed by atoms with Gasteiger partial charge in [-0.2, -0.15) is 0 Å². The Hall–Kier alpha value is -6.70. The van der Waals surface area contributed by atoms with Crippen molar-refractivity contribution in [3.8, 4) is 22.8 Å². The molecule has 4 amide bonds. The number of aliphatic hydroxyl groups is 1. The number of nitrogens with zero attached hydrogens (tertiary/aromatic N) is 7. The molecule has 0 radical (unpaired) electrons. The van der Waals surface area contributed by atoms with Gasteiger partial charge in [-0.25, -0.2) is 28.0 Å². The smallest absolute Gasteiger partial charge is 0.437 e. The third-order valence-electron chi connectivity index (χ3n) is 9.88. The Bertz CT molecular complexity index is 2420. The molecule has 0 saturated heterocycles. The minimum atomic E-state index is -1.34. The van der Waals surface area contributed by atoms with E-state index in [9.17, 15) is 24.3 Å². The average Bonchev–Trinajstić information content (AvgIpc) is 3.58. The number of carbonyl (C=O) groups excluding carboxylic acids is 4. The predicted molar refractivity (Wildman–Crippen MR) is 262 cm³/mol. The lowest BCUT2D eigenvalue weighted by Crippen LogP contribution is -2.48. The van der Waals surface area contributed by atoms with Crippen molar-refractivity contribution in [2.24, 2.45) is 9.98 Å². The van der Waals surface area contributed by atoms with E-state index in [1.54, 1.807) is 131 Å². The molecule has 5 rings (SSSR count). The van der Waals surface area contributed by atoms with Crippen LogP contribution in [-0.4, -0.2) is 120 Å². The van der Waals surface area contributed by atoms with Crippen LogP contribution in [0.25, 0.3) is 33.9 Å². The monoisotopic (exact) mass is 976 g/mol. The molecule has 0 unspecified atom stereocenters. The largest absolute Gasteiger partial charge is 0.444 e. The molecule has 70 heavy (non-hydrogen) atoms. The number of guanidine groups is 2. The lowest BCUT2D eigenvalue weighted by molar-refractivity contribution is 0.0536. The first-order chi connectivity index (χ1) is 32.2. The van der Waals surface area contributed by atoms with Crippen LogP contribution in [-0.2, 0) is 25.5 Å². The van der Waals surface area contributed by atoms with Gasteiger partial charge in [0.25, 0.3) is 0 Å². The molecule has 0 spiro atoms. The third-order valence-corrected chi connectivity index (χ3v) is 9.88. The number of amides is 4. The second-order valence-electron chi connectivity index (χ2n) is 21.6. The van der Waals surface area contributed by atoms with E-state index >= 15 is 8.78 Å². The molecule has 0 saturated carbocycles. The van der Waals surface area contributed by atoms with Crippen LogP contribution in [0.5, 0.6) is 0 Å². The maximum atomic E-state index is 16.3. The number of alkyl carbamates (subject to hydrolysis) is 2. The Morgan fingerprint density at radius 3 is 1.24 bits per heavy atom. The number of hydrogen-bond donors (Lipinski definition) is 3. The highest BCUT2D eigenvalue weighted by molar-refractivity contribution is 6.00. The van der Waals surface area contributed by atoms with Crippen LogP contribution in [0.3, 0.4) is 0 Å². The zero-order valence-corrected chi connectivity index (χ0v) is 42.7. The third kappa shape index (κ3) is 16.2. The molecule has 2 aliphatic rings. The van der Waals surface area contributed by atoms with Gasteiger partial charge < -0.3 is 38.4 Å². The Morgan fingerprint density at radius 2 is 0.957 bits per heavy atom. The molecular formula is C50H67F2N9O9. The van der Waals surface area contributed by atoms with E-state index in [2.05, 4.69) is 30.8 Å². The van der Waals surface area contributed by atoms with Crippen molar-refractivity contribution in [1.82, 2.24) is 35.2 Å². The van der Waals surface area contributed by atoms with Gasteiger partial charge >= 0.3 is 24.4 Å². The number of aliphatic imine (C=N–C) groups is 2.